The van der Waals surface area contributed by atoms with Gasteiger partial charge in [0.15, 0.2) is 11.9 Å². The molecule has 0 aromatic carbocycles. The van der Waals surface area contributed by atoms with Gasteiger partial charge in [0.05, 0.1) is 0 Å². The van der Waals surface area contributed by atoms with E-state index in [0.29, 0.717) is 6.42 Å². The summed E-state index contributed by atoms with van der Waals surface area (Å²) in [5.74, 6) is -0.552. The largest absolute Gasteiger partial charge is 0.481 e. The maximum atomic E-state index is 10.3. The molecule has 7 heteroatoms. The van der Waals surface area contributed by atoms with Gasteiger partial charge >= 0.3 is 5.97 Å². The molecular weight excluding hydrogens is 414 g/mol. The lowest BCUT2D eigenvalue weighted by atomic mass is 10.0. The Balaban J connectivity index is 0.000000676. The number of nitrogens with two attached hydrogens (primary N) is 1. The van der Waals surface area contributed by atoms with E-state index < -0.39 is 5.97 Å². The van der Waals surface area contributed by atoms with Crippen LogP contribution in [-0.2, 0) is 4.79 Å². The molecule has 0 spiro atoms. The highest BCUT2D eigenvalue weighted by Gasteiger charge is 2.12. The van der Waals surface area contributed by atoms with Crippen molar-refractivity contribution in [1.29, 1.82) is 10.8 Å². The van der Waals surface area contributed by atoms with Gasteiger partial charge in [0, 0.05) is 19.5 Å². The predicted octanol–water partition coefficient (Wildman–Crippen LogP) is 6.61. The van der Waals surface area contributed by atoms with Gasteiger partial charge in [0.2, 0.25) is 0 Å². The van der Waals surface area contributed by atoms with Crippen molar-refractivity contribution in [2.24, 2.45) is 5.73 Å². The van der Waals surface area contributed by atoms with Crippen LogP contribution in [0.25, 0.3) is 0 Å². The topological polar surface area (TPSA) is 126 Å². The molecule has 194 valence electrons. The molecule has 1 saturated heterocycles. The third kappa shape index (κ3) is 23.2. The number of carbonyl (C=O) groups is 1. The number of hydrogen-bond acceptors (Lipinski definition) is 3. The van der Waals surface area contributed by atoms with Gasteiger partial charge in [-0.15, -0.1) is 0 Å². The fourth-order valence-electron chi connectivity index (χ4n) is 4.15. The van der Waals surface area contributed by atoms with E-state index in [-0.39, 0.29) is 11.9 Å². The van der Waals surface area contributed by atoms with Crippen LogP contribution in [-0.4, -0.2) is 41.0 Å². The van der Waals surface area contributed by atoms with E-state index in [1.807, 2.05) is 4.90 Å². The molecule has 33 heavy (non-hydrogen) atoms. The van der Waals surface area contributed by atoms with Gasteiger partial charge < -0.3 is 15.7 Å². The Labute approximate surface area is 203 Å². The fraction of sp³-hybridized carbons (Fsp3) is 0.885. The first kappa shape index (κ1) is 31.2. The van der Waals surface area contributed by atoms with E-state index in [1.165, 1.54) is 96.3 Å². The summed E-state index contributed by atoms with van der Waals surface area (Å²) < 4.78 is 0. The third-order valence-corrected chi connectivity index (χ3v) is 6.17. The van der Waals surface area contributed by atoms with Crippen molar-refractivity contribution in [2.75, 3.05) is 13.1 Å². The first-order valence-electron chi connectivity index (χ1n) is 13.6. The highest BCUT2D eigenvalue weighted by molar-refractivity contribution is 5.94. The van der Waals surface area contributed by atoms with Crippen molar-refractivity contribution < 1.29 is 9.90 Å². The molecular formula is C26H53N5O2. The molecule has 0 radical (unpaired) electrons. The van der Waals surface area contributed by atoms with Gasteiger partial charge in [-0.25, -0.2) is 0 Å². The van der Waals surface area contributed by atoms with Crippen molar-refractivity contribution in [3.05, 3.63) is 0 Å². The van der Waals surface area contributed by atoms with Crippen LogP contribution < -0.4 is 11.1 Å². The quantitative estimate of drug-likeness (QED) is 0.0991. The Morgan fingerprint density at radius 1 is 0.758 bits per heavy atom. The summed E-state index contributed by atoms with van der Waals surface area (Å²) in [7, 11) is 0. The summed E-state index contributed by atoms with van der Waals surface area (Å²) in [5.41, 5.74) is 5.14. The molecule has 0 bridgehead atoms. The van der Waals surface area contributed by atoms with E-state index >= 15 is 0 Å². The maximum absolute atomic E-state index is 10.3. The second-order valence-corrected chi connectivity index (χ2v) is 9.38. The average molecular weight is 468 g/mol. The molecule has 1 aliphatic heterocycles. The molecule has 0 aromatic heterocycles. The molecule has 0 unspecified atom stereocenters. The SMILES string of the molecule is CCCCCCCCCCCCCCCCCC(=O)O.N=C(N)NC(=N)N1CCCCCC1. The summed E-state index contributed by atoms with van der Waals surface area (Å²) in [4.78, 5) is 12.3. The summed E-state index contributed by atoms with van der Waals surface area (Å²) in [6.07, 6.45) is 24.9. The zero-order valence-electron chi connectivity index (χ0n) is 21.4. The number of unbranched alkanes of at least 4 members (excludes halogenated alkanes) is 14. The number of aliphatic carboxylic acids is 1. The normalized spacial score (nSPS) is 13.5. The number of guanidine groups is 2. The Morgan fingerprint density at radius 2 is 1.15 bits per heavy atom. The van der Waals surface area contributed by atoms with Crippen molar-refractivity contribution >= 4 is 17.9 Å². The van der Waals surface area contributed by atoms with Crippen LogP contribution in [0.15, 0.2) is 0 Å². The molecule has 7 nitrogen and oxygen atoms in total. The summed E-state index contributed by atoms with van der Waals surface area (Å²) >= 11 is 0. The number of nitrogens with one attached hydrogen (secondary N) is 3. The number of likely N-dealkylation sites (tertiary alicyclic amines) is 1. The van der Waals surface area contributed by atoms with Gasteiger partial charge in [0.25, 0.3) is 0 Å². The van der Waals surface area contributed by atoms with E-state index in [0.717, 1.165) is 38.8 Å². The Kier molecular flexibility index (Phi) is 22.1. The predicted molar refractivity (Wildman–Crippen MR) is 140 cm³/mol. The minimum atomic E-state index is -0.653. The smallest absolute Gasteiger partial charge is 0.303 e. The van der Waals surface area contributed by atoms with Crippen LogP contribution in [0.2, 0.25) is 0 Å². The number of rotatable bonds is 16. The van der Waals surface area contributed by atoms with Crippen molar-refractivity contribution in [3.63, 3.8) is 0 Å². The van der Waals surface area contributed by atoms with Gasteiger partial charge in [-0.3, -0.25) is 20.9 Å². The Hall–Kier alpha value is -1.79. The number of carboxylic acid groups (broad SMARTS) is 1. The zero-order valence-corrected chi connectivity index (χ0v) is 21.4. The molecule has 0 saturated carbocycles. The fourth-order valence-corrected chi connectivity index (χ4v) is 4.15. The van der Waals surface area contributed by atoms with Crippen LogP contribution in [0.1, 0.15) is 135 Å². The van der Waals surface area contributed by atoms with E-state index in [1.54, 1.807) is 0 Å². The highest BCUT2D eigenvalue weighted by atomic mass is 16.4. The molecule has 1 rings (SSSR count). The molecule has 0 aromatic rings. The molecule has 1 aliphatic rings. The average Bonchev–Trinajstić information content (AvgIpc) is 3.06. The lowest BCUT2D eigenvalue weighted by Crippen LogP contribution is -2.46. The van der Waals surface area contributed by atoms with Crippen LogP contribution in [0, 0.1) is 10.8 Å². The minimum Gasteiger partial charge on any atom is -0.481 e. The minimum absolute atomic E-state index is 0.158. The monoisotopic (exact) mass is 467 g/mol. The Morgan fingerprint density at radius 3 is 1.52 bits per heavy atom. The number of hydrogen-bond donors (Lipinski definition) is 5. The highest BCUT2D eigenvalue weighted by Crippen LogP contribution is 2.13. The third-order valence-electron chi connectivity index (χ3n) is 6.17. The van der Waals surface area contributed by atoms with Crippen LogP contribution in [0.4, 0.5) is 0 Å². The van der Waals surface area contributed by atoms with Crippen LogP contribution in [0.3, 0.4) is 0 Å². The molecule has 1 heterocycles. The summed E-state index contributed by atoms with van der Waals surface area (Å²) in [6, 6.07) is 0. The van der Waals surface area contributed by atoms with Gasteiger partial charge in [-0.05, 0) is 19.3 Å². The van der Waals surface area contributed by atoms with Crippen molar-refractivity contribution in [2.45, 2.75) is 135 Å². The van der Waals surface area contributed by atoms with Crippen molar-refractivity contribution in [3.8, 4) is 0 Å². The van der Waals surface area contributed by atoms with E-state index in [9.17, 15) is 4.79 Å². The number of carboxylic acids is 1. The van der Waals surface area contributed by atoms with Gasteiger partial charge in [-0.1, -0.05) is 110 Å². The standard InChI is InChI=1S/C18H36O2.C8H17N5/c1-2-3-4-5-6-7-8-9-10-11-12-13-14-15-16-17-18(19)20;9-7(10)12-8(11)13-5-3-1-2-4-6-13/h2-17H2,1H3,(H,19,20);1-6H2,(H5,9,10,11,12). The van der Waals surface area contributed by atoms with Gasteiger partial charge in [0.1, 0.15) is 0 Å². The van der Waals surface area contributed by atoms with E-state index in [2.05, 4.69) is 12.2 Å². The summed E-state index contributed by atoms with van der Waals surface area (Å²) in [5, 5.41) is 25.6. The lowest BCUT2D eigenvalue weighted by Gasteiger charge is -2.22. The number of nitrogens with zero attached hydrogens (tertiary/aromatic N) is 1. The molecule has 0 aliphatic carbocycles. The second-order valence-electron chi connectivity index (χ2n) is 9.38. The first-order chi connectivity index (χ1) is 16.0. The molecule has 6 N–H and O–H groups in total. The van der Waals surface area contributed by atoms with Gasteiger partial charge in [-0.2, -0.15) is 0 Å². The maximum Gasteiger partial charge on any atom is 0.303 e. The Bertz CT molecular complexity index is 491. The van der Waals surface area contributed by atoms with Crippen molar-refractivity contribution in [1.82, 2.24) is 10.2 Å². The first-order valence-corrected chi connectivity index (χ1v) is 13.6. The van der Waals surface area contributed by atoms with Crippen LogP contribution in [0.5, 0.6) is 0 Å². The molecule has 0 atom stereocenters. The van der Waals surface area contributed by atoms with Crippen LogP contribution >= 0.6 is 0 Å². The molecule has 0 amide bonds. The molecule has 1 fully saturated rings. The summed E-state index contributed by atoms with van der Waals surface area (Å²) in [6.45, 7) is 4.07. The lowest BCUT2D eigenvalue weighted by molar-refractivity contribution is -0.137. The van der Waals surface area contributed by atoms with E-state index in [4.69, 9.17) is 21.7 Å². The second kappa shape index (κ2) is 23.4. The zero-order chi connectivity index (χ0) is 24.6.